The maximum absolute atomic E-state index is 15.2. The number of aromatic nitrogens is 2. The van der Waals surface area contributed by atoms with Gasteiger partial charge in [0.05, 0.1) is 6.54 Å². The van der Waals surface area contributed by atoms with E-state index in [-0.39, 0.29) is 16.7 Å². The van der Waals surface area contributed by atoms with Gasteiger partial charge in [-0.15, -0.1) is 11.3 Å². The van der Waals surface area contributed by atoms with E-state index in [1.54, 1.807) is 30.6 Å². The van der Waals surface area contributed by atoms with Gasteiger partial charge in [0, 0.05) is 34.8 Å². The molecule has 0 atom stereocenters. The lowest BCUT2D eigenvalue weighted by Crippen LogP contribution is -2.30. The Balaban J connectivity index is 1.59. The molecule has 0 saturated carbocycles. The molecule has 1 amide bonds. The van der Waals surface area contributed by atoms with Crippen molar-refractivity contribution in [3.05, 3.63) is 94.4 Å². The van der Waals surface area contributed by atoms with Crippen LogP contribution in [0.15, 0.2) is 65.1 Å². The Morgan fingerprint density at radius 3 is 2.54 bits per heavy atom. The molecule has 0 fully saturated rings. The van der Waals surface area contributed by atoms with Gasteiger partial charge in [0.25, 0.3) is 10.0 Å². The van der Waals surface area contributed by atoms with Crippen LogP contribution in [-0.4, -0.2) is 24.1 Å². The highest BCUT2D eigenvalue weighted by atomic mass is 32.2. The van der Waals surface area contributed by atoms with Gasteiger partial charge in [-0.1, -0.05) is 45.0 Å². The van der Waals surface area contributed by atoms with Crippen molar-refractivity contribution in [1.29, 1.82) is 0 Å². The molecule has 7 nitrogen and oxygen atoms in total. The van der Waals surface area contributed by atoms with Crippen molar-refractivity contribution in [2.75, 3.05) is 0 Å². The van der Waals surface area contributed by atoms with E-state index >= 15 is 4.39 Å². The van der Waals surface area contributed by atoms with Crippen molar-refractivity contribution in [3.8, 4) is 11.1 Å². The van der Waals surface area contributed by atoms with E-state index in [9.17, 15) is 17.6 Å². The highest BCUT2D eigenvalue weighted by molar-refractivity contribution is 7.92. The number of aryl methyl sites for hydroxylation is 1. The first-order chi connectivity index (χ1) is 18.6. The first kappa shape index (κ1) is 28.4. The molecule has 4 aromatic rings. The summed E-state index contributed by atoms with van der Waals surface area (Å²) >= 11 is 1.03. The number of halogens is 2. The summed E-state index contributed by atoms with van der Waals surface area (Å²) in [5.74, 6) is 0.170. The number of carbonyl (C=O) groups is 1. The molecule has 0 aliphatic heterocycles. The average Bonchev–Trinajstić information content (AvgIpc) is 3.51. The van der Waals surface area contributed by atoms with Gasteiger partial charge in [0.1, 0.15) is 28.3 Å². The lowest BCUT2D eigenvalue weighted by Gasteiger charge is -2.11. The number of ether oxygens (including phenoxy) is 1. The van der Waals surface area contributed by atoms with Crippen molar-refractivity contribution in [2.45, 2.75) is 51.0 Å². The standard InChI is InChI=1S/C28H29F2N3O4S2/c1-4-26-31-11-12-33(26)16-21-8-7-20(14-25(21)30)24-15-23(13-18(2)3)38-27(24)39(35,36)32-28(34)37-17-19-5-9-22(29)10-6-19/h5-12,14-15,18H,4,13,16-17H2,1-3H3,(H,32,34). The normalized spacial score (nSPS) is 11.6. The molecule has 2 aromatic heterocycles. The van der Waals surface area contributed by atoms with Crippen LogP contribution in [0.1, 0.15) is 42.6 Å². The fourth-order valence-electron chi connectivity index (χ4n) is 4.07. The van der Waals surface area contributed by atoms with Crippen LogP contribution in [0.5, 0.6) is 0 Å². The number of hydrogen-bond donors (Lipinski definition) is 1. The molecule has 4 rings (SSSR count). The van der Waals surface area contributed by atoms with Crippen molar-refractivity contribution < 1.29 is 26.7 Å². The Morgan fingerprint density at radius 2 is 1.87 bits per heavy atom. The molecular weight excluding hydrogens is 544 g/mol. The number of rotatable bonds is 10. The fourth-order valence-corrected chi connectivity index (χ4v) is 6.91. The molecular formula is C28H29F2N3O4S2. The quantitative estimate of drug-likeness (QED) is 0.240. The smallest absolute Gasteiger partial charge is 0.421 e. The summed E-state index contributed by atoms with van der Waals surface area (Å²) in [5, 5.41) is 0. The zero-order valence-electron chi connectivity index (χ0n) is 21.8. The number of benzene rings is 2. The molecule has 0 unspecified atom stereocenters. The van der Waals surface area contributed by atoms with E-state index in [1.807, 2.05) is 30.1 Å². The third-order valence-electron chi connectivity index (χ3n) is 5.93. The summed E-state index contributed by atoms with van der Waals surface area (Å²) in [4.78, 5) is 17.4. The SMILES string of the molecule is CCc1nccn1Cc1ccc(-c2cc(CC(C)C)sc2S(=O)(=O)NC(=O)OCc2ccc(F)cc2)cc1F. The van der Waals surface area contributed by atoms with Gasteiger partial charge < -0.3 is 9.30 Å². The number of amides is 1. The summed E-state index contributed by atoms with van der Waals surface area (Å²) in [6, 6.07) is 11.6. The molecule has 2 heterocycles. The van der Waals surface area contributed by atoms with Crippen molar-refractivity contribution >= 4 is 27.5 Å². The second-order valence-corrected chi connectivity index (χ2v) is 12.5. The van der Waals surface area contributed by atoms with Crippen molar-refractivity contribution in [2.24, 2.45) is 5.92 Å². The zero-order valence-corrected chi connectivity index (χ0v) is 23.4. The van der Waals surface area contributed by atoms with Crippen LogP contribution >= 0.6 is 11.3 Å². The summed E-state index contributed by atoms with van der Waals surface area (Å²) in [6.07, 6.45) is 3.61. The number of imidazole rings is 1. The minimum absolute atomic E-state index is 0.105. The fraction of sp³-hybridized carbons (Fsp3) is 0.286. The number of nitrogens with one attached hydrogen (secondary N) is 1. The first-order valence-electron chi connectivity index (χ1n) is 12.4. The molecule has 39 heavy (non-hydrogen) atoms. The Morgan fingerprint density at radius 1 is 1.13 bits per heavy atom. The monoisotopic (exact) mass is 573 g/mol. The van der Waals surface area contributed by atoms with E-state index in [1.165, 1.54) is 30.3 Å². The molecule has 0 bridgehead atoms. The molecule has 0 spiro atoms. The van der Waals surface area contributed by atoms with Crippen molar-refractivity contribution in [1.82, 2.24) is 14.3 Å². The van der Waals surface area contributed by atoms with Crippen LogP contribution < -0.4 is 4.72 Å². The molecule has 0 aliphatic carbocycles. The summed E-state index contributed by atoms with van der Waals surface area (Å²) in [7, 11) is -4.34. The maximum atomic E-state index is 15.2. The second-order valence-electron chi connectivity index (χ2n) is 9.45. The van der Waals surface area contributed by atoms with Crippen LogP contribution in [0, 0.1) is 17.6 Å². The summed E-state index contributed by atoms with van der Waals surface area (Å²) in [5.41, 5.74) is 1.62. The predicted octanol–water partition coefficient (Wildman–Crippen LogP) is 6.31. The Kier molecular flexibility index (Phi) is 8.81. The largest absolute Gasteiger partial charge is 0.444 e. The van der Waals surface area contributed by atoms with Crippen LogP contribution in [0.3, 0.4) is 0 Å². The molecule has 206 valence electrons. The maximum Gasteiger partial charge on any atom is 0.421 e. The Bertz CT molecular complexity index is 1560. The molecule has 2 aromatic carbocycles. The molecule has 0 radical (unpaired) electrons. The van der Waals surface area contributed by atoms with Gasteiger partial charge in [-0.25, -0.2) is 31.7 Å². The highest BCUT2D eigenvalue weighted by Gasteiger charge is 2.27. The average molecular weight is 574 g/mol. The predicted molar refractivity (Wildman–Crippen MR) is 146 cm³/mol. The summed E-state index contributed by atoms with van der Waals surface area (Å²) < 4.78 is 63.6. The number of sulfonamides is 1. The van der Waals surface area contributed by atoms with Gasteiger partial charge >= 0.3 is 6.09 Å². The van der Waals surface area contributed by atoms with E-state index in [2.05, 4.69) is 4.98 Å². The van der Waals surface area contributed by atoms with Gasteiger partial charge in [-0.3, -0.25) is 0 Å². The third-order valence-corrected chi connectivity index (χ3v) is 8.93. The third kappa shape index (κ3) is 7.10. The molecule has 1 N–H and O–H groups in total. The van der Waals surface area contributed by atoms with E-state index < -0.39 is 27.8 Å². The van der Waals surface area contributed by atoms with Crippen LogP contribution in [0.2, 0.25) is 0 Å². The van der Waals surface area contributed by atoms with Crippen LogP contribution in [-0.2, 0) is 40.8 Å². The van der Waals surface area contributed by atoms with Crippen LogP contribution in [0.4, 0.5) is 13.6 Å². The molecule has 0 saturated heterocycles. The second kappa shape index (κ2) is 12.1. The minimum Gasteiger partial charge on any atom is -0.444 e. The van der Waals surface area contributed by atoms with Gasteiger partial charge in [-0.05, 0) is 47.7 Å². The van der Waals surface area contributed by atoms with E-state index in [0.717, 1.165) is 22.0 Å². The zero-order chi connectivity index (χ0) is 28.2. The molecule has 0 aliphatic rings. The number of nitrogens with zero attached hydrogens (tertiary/aromatic N) is 2. The highest BCUT2D eigenvalue weighted by Crippen LogP contribution is 2.37. The number of carbonyl (C=O) groups excluding carboxylic acids is 1. The number of hydrogen-bond acceptors (Lipinski definition) is 6. The minimum atomic E-state index is -4.34. The Hall–Kier alpha value is -3.57. The Labute approximate surface area is 230 Å². The molecule has 11 heteroatoms. The summed E-state index contributed by atoms with van der Waals surface area (Å²) in [6.45, 7) is 6.05. The van der Waals surface area contributed by atoms with Gasteiger partial charge in [0.15, 0.2) is 0 Å². The van der Waals surface area contributed by atoms with Crippen LogP contribution in [0.25, 0.3) is 11.1 Å². The lowest BCUT2D eigenvalue weighted by atomic mass is 10.0. The first-order valence-corrected chi connectivity index (χ1v) is 14.7. The topological polar surface area (TPSA) is 90.3 Å². The lowest BCUT2D eigenvalue weighted by molar-refractivity contribution is 0.146. The van der Waals surface area contributed by atoms with E-state index in [4.69, 9.17) is 4.74 Å². The van der Waals surface area contributed by atoms with Gasteiger partial charge in [-0.2, -0.15) is 0 Å². The van der Waals surface area contributed by atoms with Gasteiger partial charge in [0.2, 0.25) is 0 Å². The van der Waals surface area contributed by atoms with E-state index in [0.29, 0.717) is 41.6 Å². The van der Waals surface area contributed by atoms with Crippen molar-refractivity contribution in [3.63, 3.8) is 0 Å². The number of thiophene rings is 1.